The van der Waals surface area contributed by atoms with Gasteiger partial charge >= 0.3 is 0 Å². The second kappa shape index (κ2) is 8.60. The largest absolute Gasteiger partial charge is 0.488 e. The zero-order chi connectivity index (χ0) is 21.9. The lowest BCUT2D eigenvalue weighted by Crippen LogP contribution is -2.13. The number of aromatic nitrogens is 1. The molecule has 0 aliphatic heterocycles. The lowest BCUT2D eigenvalue weighted by molar-refractivity contribution is 0.102. The van der Waals surface area contributed by atoms with Gasteiger partial charge in [0.1, 0.15) is 12.4 Å². The molecule has 1 amide bonds. The van der Waals surface area contributed by atoms with Gasteiger partial charge in [-0.25, -0.2) is 0 Å². The SMILES string of the molecule is CCn1c2ccccc2c2cc(NC(=O)c3ccccc3OCc3ccccc3)ccc21. The summed E-state index contributed by atoms with van der Waals surface area (Å²) in [6.45, 7) is 3.45. The molecule has 4 heteroatoms. The summed E-state index contributed by atoms with van der Waals surface area (Å²) in [5, 5.41) is 5.37. The Morgan fingerprint density at radius 2 is 1.53 bits per heavy atom. The average Bonchev–Trinajstić information content (AvgIpc) is 3.16. The third kappa shape index (κ3) is 3.71. The molecule has 32 heavy (non-hydrogen) atoms. The molecular weight excluding hydrogens is 396 g/mol. The van der Waals surface area contributed by atoms with Gasteiger partial charge in [-0.05, 0) is 48.9 Å². The number of ether oxygens (including phenoxy) is 1. The van der Waals surface area contributed by atoms with E-state index in [1.165, 1.54) is 16.4 Å². The fraction of sp³-hybridized carbons (Fsp3) is 0.107. The van der Waals surface area contributed by atoms with Crippen molar-refractivity contribution in [2.24, 2.45) is 0 Å². The molecule has 0 fully saturated rings. The van der Waals surface area contributed by atoms with Crippen LogP contribution in [0, 0.1) is 0 Å². The molecule has 5 rings (SSSR count). The number of amides is 1. The second-order valence-corrected chi connectivity index (χ2v) is 7.72. The van der Waals surface area contributed by atoms with E-state index in [1.807, 2.05) is 60.7 Å². The molecule has 0 saturated carbocycles. The molecular formula is C28H24N2O2. The van der Waals surface area contributed by atoms with Crippen molar-refractivity contribution in [2.45, 2.75) is 20.1 Å². The number of para-hydroxylation sites is 2. The number of hydrogen-bond donors (Lipinski definition) is 1. The van der Waals surface area contributed by atoms with E-state index in [1.54, 1.807) is 6.07 Å². The maximum absolute atomic E-state index is 13.1. The topological polar surface area (TPSA) is 43.3 Å². The van der Waals surface area contributed by atoms with Gasteiger partial charge in [-0.15, -0.1) is 0 Å². The van der Waals surface area contributed by atoms with Crippen molar-refractivity contribution in [3.8, 4) is 5.75 Å². The van der Waals surface area contributed by atoms with Crippen LogP contribution in [0.25, 0.3) is 21.8 Å². The lowest BCUT2D eigenvalue weighted by Gasteiger charge is -2.12. The van der Waals surface area contributed by atoms with Gasteiger partial charge in [0.15, 0.2) is 0 Å². The molecule has 0 aliphatic rings. The van der Waals surface area contributed by atoms with Crippen molar-refractivity contribution in [1.29, 1.82) is 0 Å². The Bertz CT molecular complexity index is 1400. The van der Waals surface area contributed by atoms with Gasteiger partial charge in [0, 0.05) is 34.0 Å². The average molecular weight is 421 g/mol. The molecule has 5 aromatic rings. The Labute approximate surface area is 187 Å². The van der Waals surface area contributed by atoms with E-state index in [4.69, 9.17) is 4.74 Å². The van der Waals surface area contributed by atoms with Crippen molar-refractivity contribution in [3.63, 3.8) is 0 Å². The van der Waals surface area contributed by atoms with Crippen molar-refractivity contribution < 1.29 is 9.53 Å². The number of nitrogens with one attached hydrogen (secondary N) is 1. The molecule has 0 saturated heterocycles. The first-order chi connectivity index (χ1) is 15.7. The number of anilines is 1. The third-order valence-electron chi connectivity index (χ3n) is 5.72. The van der Waals surface area contributed by atoms with E-state index in [9.17, 15) is 4.79 Å². The molecule has 4 aromatic carbocycles. The maximum atomic E-state index is 13.1. The summed E-state index contributed by atoms with van der Waals surface area (Å²) in [5.74, 6) is 0.379. The van der Waals surface area contributed by atoms with Crippen LogP contribution >= 0.6 is 0 Å². The number of aryl methyl sites for hydroxylation is 1. The normalized spacial score (nSPS) is 11.0. The van der Waals surface area contributed by atoms with Crippen LogP contribution in [0.1, 0.15) is 22.8 Å². The van der Waals surface area contributed by atoms with Gasteiger partial charge in [-0.1, -0.05) is 60.7 Å². The Balaban J connectivity index is 1.42. The number of rotatable bonds is 6. The van der Waals surface area contributed by atoms with Crippen molar-refractivity contribution in [1.82, 2.24) is 4.57 Å². The summed E-state index contributed by atoms with van der Waals surface area (Å²) in [7, 11) is 0. The Morgan fingerprint density at radius 1 is 0.812 bits per heavy atom. The number of benzene rings is 4. The van der Waals surface area contributed by atoms with E-state index >= 15 is 0 Å². The minimum atomic E-state index is -0.188. The Kier molecular flexibility index (Phi) is 5.34. The molecule has 1 heterocycles. The van der Waals surface area contributed by atoms with Gasteiger partial charge in [0.25, 0.3) is 5.91 Å². The Hall–Kier alpha value is -4.05. The van der Waals surface area contributed by atoms with E-state index in [0.29, 0.717) is 17.9 Å². The molecule has 0 unspecified atom stereocenters. The highest BCUT2D eigenvalue weighted by molar-refractivity contribution is 6.11. The smallest absolute Gasteiger partial charge is 0.259 e. The molecule has 1 aromatic heterocycles. The van der Waals surface area contributed by atoms with Gasteiger partial charge in [0.2, 0.25) is 0 Å². The number of fused-ring (bicyclic) bond motifs is 3. The first-order valence-corrected chi connectivity index (χ1v) is 10.8. The lowest BCUT2D eigenvalue weighted by atomic mass is 10.1. The zero-order valence-electron chi connectivity index (χ0n) is 17.9. The number of hydrogen-bond acceptors (Lipinski definition) is 2. The van der Waals surface area contributed by atoms with Gasteiger partial charge in [-0.3, -0.25) is 4.79 Å². The molecule has 0 bridgehead atoms. The van der Waals surface area contributed by atoms with Crippen LogP contribution < -0.4 is 10.1 Å². The summed E-state index contributed by atoms with van der Waals surface area (Å²) in [4.78, 5) is 13.1. The van der Waals surface area contributed by atoms with Crippen LogP contribution in [-0.4, -0.2) is 10.5 Å². The minimum Gasteiger partial charge on any atom is -0.488 e. The fourth-order valence-corrected chi connectivity index (χ4v) is 4.19. The first-order valence-electron chi connectivity index (χ1n) is 10.8. The second-order valence-electron chi connectivity index (χ2n) is 7.72. The molecule has 0 atom stereocenters. The van der Waals surface area contributed by atoms with Crippen molar-refractivity contribution in [2.75, 3.05) is 5.32 Å². The quantitative estimate of drug-likeness (QED) is 0.334. The summed E-state index contributed by atoms with van der Waals surface area (Å²) in [5.41, 5.74) is 4.70. The van der Waals surface area contributed by atoms with Crippen molar-refractivity contribution in [3.05, 3.63) is 108 Å². The van der Waals surface area contributed by atoms with Gasteiger partial charge in [0.05, 0.1) is 5.56 Å². The fourth-order valence-electron chi connectivity index (χ4n) is 4.19. The predicted molar refractivity (Wildman–Crippen MR) is 130 cm³/mol. The zero-order valence-corrected chi connectivity index (χ0v) is 17.9. The van der Waals surface area contributed by atoms with E-state index in [-0.39, 0.29) is 5.91 Å². The minimum absolute atomic E-state index is 0.188. The highest BCUT2D eigenvalue weighted by Gasteiger charge is 2.14. The summed E-state index contributed by atoms with van der Waals surface area (Å²) in [6.07, 6.45) is 0. The molecule has 0 radical (unpaired) electrons. The van der Waals surface area contributed by atoms with Crippen molar-refractivity contribution >= 4 is 33.4 Å². The molecule has 0 aliphatic carbocycles. The van der Waals surface area contributed by atoms with E-state index in [0.717, 1.165) is 23.2 Å². The molecule has 0 spiro atoms. The summed E-state index contributed by atoms with van der Waals surface area (Å²) in [6, 6.07) is 31.7. The summed E-state index contributed by atoms with van der Waals surface area (Å²) < 4.78 is 8.26. The van der Waals surface area contributed by atoms with Gasteiger partial charge in [-0.2, -0.15) is 0 Å². The van der Waals surface area contributed by atoms with Crippen LogP contribution in [0.2, 0.25) is 0 Å². The highest BCUT2D eigenvalue weighted by Crippen LogP contribution is 2.31. The van der Waals surface area contributed by atoms with Crippen LogP contribution in [0.3, 0.4) is 0 Å². The predicted octanol–water partition coefficient (Wildman–Crippen LogP) is 6.65. The van der Waals surface area contributed by atoms with Crippen LogP contribution in [0.4, 0.5) is 5.69 Å². The number of carbonyl (C=O) groups excluding carboxylic acids is 1. The summed E-state index contributed by atoms with van der Waals surface area (Å²) >= 11 is 0. The number of carbonyl (C=O) groups is 1. The van der Waals surface area contributed by atoms with Crippen LogP contribution in [0.15, 0.2) is 97.1 Å². The third-order valence-corrected chi connectivity index (χ3v) is 5.72. The molecule has 4 nitrogen and oxygen atoms in total. The highest BCUT2D eigenvalue weighted by atomic mass is 16.5. The Morgan fingerprint density at radius 3 is 2.38 bits per heavy atom. The number of nitrogens with zero attached hydrogens (tertiary/aromatic N) is 1. The van der Waals surface area contributed by atoms with E-state index in [2.05, 4.69) is 47.1 Å². The van der Waals surface area contributed by atoms with Crippen LogP contribution in [-0.2, 0) is 13.2 Å². The standard InChI is InChI=1S/C28H24N2O2/c1-2-30-25-14-8-6-12-22(25)24-18-21(16-17-26(24)30)29-28(31)23-13-7-9-15-27(23)32-19-20-10-4-3-5-11-20/h3-18H,2,19H2,1H3,(H,29,31). The van der Waals surface area contributed by atoms with Gasteiger partial charge < -0.3 is 14.6 Å². The molecule has 158 valence electrons. The van der Waals surface area contributed by atoms with Crippen LogP contribution in [0.5, 0.6) is 5.75 Å². The van der Waals surface area contributed by atoms with E-state index < -0.39 is 0 Å². The first kappa shape index (κ1) is 19.9. The molecule has 1 N–H and O–H groups in total. The monoisotopic (exact) mass is 420 g/mol. The maximum Gasteiger partial charge on any atom is 0.259 e.